The zero-order chi connectivity index (χ0) is 10.6. The van der Waals surface area contributed by atoms with Gasteiger partial charge in [0.15, 0.2) is 0 Å². The first-order chi connectivity index (χ1) is 6.61. The first-order valence-corrected chi connectivity index (χ1v) is 4.15. The Morgan fingerprint density at radius 1 is 1.29 bits per heavy atom. The highest BCUT2D eigenvalue weighted by Crippen LogP contribution is 2.04. The molecular weight excluding hydrogens is 202 g/mol. The molecule has 14 heavy (non-hydrogen) atoms. The number of hydrazine groups is 1. The molecule has 6 heteroatoms. The SMILES string of the molecule is NN(S)C(=O)C(=O)Nc1ccccc1. The summed E-state index contributed by atoms with van der Waals surface area (Å²) in [5.74, 6) is 3.23. The summed E-state index contributed by atoms with van der Waals surface area (Å²) in [7, 11) is 0. The average Bonchev–Trinajstić information content (AvgIpc) is 2.18. The third-order valence-corrected chi connectivity index (χ3v) is 1.62. The predicted octanol–water partition coefficient (Wildman–Crippen LogP) is 0.172. The minimum absolute atomic E-state index is 0.429. The zero-order valence-electron chi connectivity index (χ0n) is 7.18. The van der Waals surface area contributed by atoms with Gasteiger partial charge in [0.05, 0.1) is 0 Å². The van der Waals surface area contributed by atoms with Crippen molar-refractivity contribution in [2.45, 2.75) is 0 Å². The van der Waals surface area contributed by atoms with Crippen molar-refractivity contribution in [3.05, 3.63) is 30.3 Å². The van der Waals surface area contributed by atoms with Crippen LogP contribution in [0.25, 0.3) is 0 Å². The van der Waals surface area contributed by atoms with Gasteiger partial charge in [-0.15, -0.1) is 0 Å². The van der Waals surface area contributed by atoms with Gasteiger partial charge in [-0.1, -0.05) is 18.2 Å². The van der Waals surface area contributed by atoms with Gasteiger partial charge in [0.25, 0.3) is 0 Å². The Morgan fingerprint density at radius 3 is 2.36 bits per heavy atom. The van der Waals surface area contributed by atoms with E-state index in [-0.39, 0.29) is 0 Å². The third kappa shape index (κ3) is 2.75. The molecule has 0 saturated carbocycles. The number of rotatable bonds is 1. The maximum atomic E-state index is 11.1. The van der Waals surface area contributed by atoms with Crippen LogP contribution < -0.4 is 11.2 Å². The number of hydrogen-bond acceptors (Lipinski definition) is 4. The predicted molar refractivity (Wildman–Crippen MR) is 55.1 cm³/mol. The second-order valence-corrected chi connectivity index (χ2v) is 2.90. The molecule has 0 aliphatic carbocycles. The van der Waals surface area contributed by atoms with Crippen molar-refractivity contribution in [3.8, 4) is 0 Å². The molecule has 74 valence electrons. The van der Waals surface area contributed by atoms with Crippen molar-refractivity contribution in [1.82, 2.24) is 4.41 Å². The monoisotopic (exact) mass is 211 g/mol. The number of benzene rings is 1. The van der Waals surface area contributed by atoms with Crippen LogP contribution in [0, 0.1) is 0 Å². The van der Waals surface area contributed by atoms with Gasteiger partial charge in [-0.3, -0.25) is 9.59 Å². The Labute approximate surface area is 86.4 Å². The van der Waals surface area contributed by atoms with Crippen LogP contribution in [0.4, 0.5) is 5.69 Å². The molecule has 2 amide bonds. The first-order valence-electron chi connectivity index (χ1n) is 3.75. The van der Waals surface area contributed by atoms with Crippen molar-refractivity contribution in [3.63, 3.8) is 0 Å². The molecule has 0 spiro atoms. The van der Waals surface area contributed by atoms with Crippen LogP contribution >= 0.6 is 12.8 Å². The standard InChI is InChI=1S/C8H9N3O2S/c9-11(14)8(13)7(12)10-6-4-2-1-3-5-6/h1-5,14H,9H2,(H,10,12). The van der Waals surface area contributed by atoms with E-state index in [0.29, 0.717) is 10.1 Å². The molecule has 1 aromatic carbocycles. The van der Waals surface area contributed by atoms with Gasteiger partial charge in [-0.05, 0) is 24.9 Å². The topological polar surface area (TPSA) is 75.4 Å². The lowest BCUT2D eigenvalue weighted by Crippen LogP contribution is -2.37. The molecule has 5 nitrogen and oxygen atoms in total. The number of nitrogens with zero attached hydrogens (tertiary/aromatic N) is 1. The molecule has 0 atom stereocenters. The molecule has 0 aliphatic heterocycles. The van der Waals surface area contributed by atoms with Gasteiger partial charge in [0.2, 0.25) is 0 Å². The molecule has 0 heterocycles. The smallest absolute Gasteiger partial charge is 0.318 e. The molecule has 0 unspecified atom stereocenters. The second-order valence-electron chi connectivity index (χ2n) is 2.47. The minimum Gasteiger partial charge on any atom is -0.318 e. The van der Waals surface area contributed by atoms with E-state index in [2.05, 4.69) is 18.1 Å². The summed E-state index contributed by atoms with van der Waals surface area (Å²) in [6.45, 7) is 0. The van der Waals surface area contributed by atoms with Gasteiger partial charge in [-0.25, -0.2) is 10.3 Å². The van der Waals surface area contributed by atoms with Gasteiger partial charge in [-0.2, -0.15) is 0 Å². The molecule has 1 aromatic rings. The van der Waals surface area contributed by atoms with Crippen LogP contribution in [0.15, 0.2) is 30.3 Å². The Morgan fingerprint density at radius 2 is 1.86 bits per heavy atom. The van der Waals surface area contributed by atoms with E-state index in [1.165, 1.54) is 0 Å². The summed E-state index contributed by atoms with van der Waals surface area (Å²) in [5.41, 5.74) is 0.529. The minimum atomic E-state index is -0.919. The fraction of sp³-hybridized carbons (Fsp3) is 0. The van der Waals surface area contributed by atoms with E-state index < -0.39 is 11.8 Å². The van der Waals surface area contributed by atoms with Gasteiger partial charge in [0, 0.05) is 5.69 Å². The summed E-state index contributed by atoms with van der Waals surface area (Å²) < 4.78 is 0.429. The molecule has 0 fully saturated rings. The van der Waals surface area contributed by atoms with Crippen molar-refractivity contribution >= 4 is 30.3 Å². The number of carbonyl (C=O) groups excluding carboxylic acids is 2. The molecule has 0 aliphatic rings. The van der Waals surface area contributed by atoms with Crippen LogP contribution in [0.2, 0.25) is 0 Å². The summed E-state index contributed by atoms with van der Waals surface area (Å²) in [4.78, 5) is 22.1. The number of nitrogens with one attached hydrogen (secondary N) is 1. The van der Waals surface area contributed by atoms with Crippen LogP contribution in [0.5, 0.6) is 0 Å². The number of nitrogens with two attached hydrogens (primary N) is 1. The number of amides is 2. The molecule has 3 N–H and O–H groups in total. The van der Waals surface area contributed by atoms with Crippen LogP contribution in [-0.4, -0.2) is 16.2 Å². The maximum absolute atomic E-state index is 11.1. The highest BCUT2D eigenvalue weighted by Gasteiger charge is 2.16. The Hall–Kier alpha value is -1.53. The van der Waals surface area contributed by atoms with Gasteiger partial charge in [0.1, 0.15) is 0 Å². The Balaban J connectivity index is 2.63. The Bertz CT molecular complexity index is 340. The van der Waals surface area contributed by atoms with E-state index in [4.69, 9.17) is 5.84 Å². The number of anilines is 1. The average molecular weight is 211 g/mol. The lowest BCUT2D eigenvalue weighted by atomic mass is 10.3. The fourth-order valence-electron chi connectivity index (χ4n) is 0.810. The van der Waals surface area contributed by atoms with Crippen molar-refractivity contribution in [2.24, 2.45) is 5.84 Å². The number of hydrogen-bond donors (Lipinski definition) is 3. The molecule has 0 bridgehead atoms. The van der Waals surface area contributed by atoms with E-state index >= 15 is 0 Å². The molecule has 0 saturated heterocycles. The molecule has 1 rings (SSSR count). The van der Waals surface area contributed by atoms with Crippen molar-refractivity contribution in [2.75, 3.05) is 5.32 Å². The highest BCUT2D eigenvalue weighted by molar-refractivity contribution is 7.78. The van der Waals surface area contributed by atoms with E-state index in [1.54, 1.807) is 30.3 Å². The van der Waals surface area contributed by atoms with Crippen molar-refractivity contribution < 1.29 is 9.59 Å². The van der Waals surface area contributed by atoms with E-state index in [9.17, 15) is 9.59 Å². The van der Waals surface area contributed by atoms with Gasteiger partial charge >= 0.3 is 11.8 Å². The highest BCUT2D eigenvalue weighted by atomic mass is 32.1. The summed E-state index contributed by atoms with van der Waals surface area (Å²) >= 11 is 3.50. The van der Waals surface area contributed by atoms with Crippen LogP contribution in [0.3, 0.4) is 0 Å². The molecule has 0 aromatic heterocycles. The van der Waals surface area contributed by atoms with Gasteiger partial charge < -0.3 is 5.32 Å². The maximum Gasteiger partial charge on any atom is 0.336 e. The lowest BCUT2D eigenvalue weighted by Gasteiger charge is -2.08. The van der Waals surface area contributed by atoms with Crippen LogP contribution in [-0.2, 0) is 9.59 Å². The van der Waals surface area contributed by atoms with Crippen LogP contribution in [0.1, 0.15) is 0 Å². The summed E-state index contributed by atoms with van der Waals surface area (Å²) in [6, 6.07) is 8.59. The zero-order valence-corrected chi connectivity index (χ0v) is 8.07. The van der Waals surface area contributed by atoms with E-state index in [1.807, 2.05) is 0 Å². The lowest BCUT2D eigenvalue weighted by molar-refractivity contribution is -0.139. The quantitative estimate of drug-likeness (QED) is 0.204. The number of thiol groups is 1. The molecular formula is C8H9N3O2S. The molecule has 0 radical (unpaired) electrons. The third-order valence-electron chi connectivity index (χ3n) is 1.43. The summed E-state index contributed by atoms with van der Waals surface area (Å²) in [5, 5.41) is 2.36. The number of para-hydroxylation sites is 1. The van der Waals surface area contributed by atoms with E-state index in [0.717, 1.165) is 0 Å². The number of carbonyl (C=O) groups is 2. The first kappa shape index (κ1) is 10.6. The normalized spacial score (nSPS) is 9.29. The Kier molecular flexibility index (Phi) is 3.49. The summed E-state index contributed by atoms with van der Waals surface area (Å²) in [6.07, 6.45) is 0. The fourth-order valence-corrected chi connectivity index (χ4v) is 0.901. The second kappa shape index (κ2) is 4.64. The largest absolute Gasteiger partial charge is 0.336 e. The van der Waals surface area contributed by atoms with Crippen molar-refractivity contribution in [1.29, 1.82) is 0 Å².